The largest absolute Gasteiger partial charge is 0.480 e. The number of carboxylic acid groups (broad SMARTS) is 1. The van der Waals surface area contributed by atoms with Crippen LogP contribution >= 0.6 is 11.9 Å². The summed E-state index contributed by atoms with van der Waals surface area (Å²) in [5, 5.41) is 11.3. The van der Waals surface area contributed by atoms with Gasteiger partial charge in [0.25, 0.3) is 0 Å². The zero-order valence-corrected chi connectivity index (χ0v) is 13.0. The van der Waals surface area contributed by atoms with Crippen LogP contribution in [0.3, 0.4) is 0 Å². The van der Waals surface area contributed by atoms with Crippen molar-refractivity contribution in [3.8, 4) is 0 Å². The summed E-state index contributed by atoms with van der Waals surface area (Å²) in [7, 11) is 1.64. The maximum Gasteiger partial charge on any atom is 0.322 e. The van der Waals surface area contributed by atoms with Crippen LogP contribution in [0, 0.1) is 0 Å². The van der Waals surface area contributed by atoms with Crippen LogP contribution < -0.4 is 15.8 Å². The van der Waals surface area contributed by atoms with Crippen molar-refractivity contribution in [2.45, 2.75) is 31.3 Å². The highest BCUT2D eigenvalue weighted by molar-refractivity contribution is 8.12. The number of carboxylic acids is 1. The normalized spacial score (nSPS) is 19.0. The molecule has 1 aliphatic rings. The first kappa shape index (κ1) is 18.4. The minimum Gasteiger partial charge on any atom is -0.480 e. The zero-order valence-electron chi connectivity index (χ0n) is 12.2. The summed E-state index contributed by atoms with van der Waals surface area (Å²) >= 11 is 0.600. The van der Waals surface area contributed by atoms with Crippen LogP contribution in [-0.4, -0.2) is 65.1 Å². The van der Waals surface area contributed by atoms with Crippen molar-refractivity contribution >= 4 is 34.8 Å². The number of amides is 2. The van der Waals surface area contributed by atoms with Crippen molar-refractivity contribution < 1.29 is 24.3 Å². The molecule has 0 radical (unpaired) electrons. The molecule has 0 saturated carbocycles. The summed E-state index contributed by atoms with van der Waals surface area (Å²) in [5.41, 5.74) is 4.96. The summed E-state index contributed by atoms with van der Waals surface area (Å²) in [6.45, 7) is 0.641. The molecular weight excluding hydrogens is 312 g/mol. The molecule has 1 fully saturated rings. The Morgan fingerprint density at radius 2 is 2.09 bits per heavy atom. The smallest absolute Gasteiger partial charge is 0.322 e. The molecule has 9 nitrogen and oxygen atoms in total. The molecule has 0 aromatic carbocycles. The van der Waals surface area contributed by atoms with Gasteiger partial charge in [0, 0.05) is 6.54 Å². The number of nitrogens with zero attached hydrogens (tertiary/aromatic N) is 1. The number of primary amides is 1. The highest BCUT2D eigenvalue weighted by Crippen LogP contribution is 2.22. The van der Waals surface area contributed by atoms with Crippen LogP contribution in [0.15, 0.2) is 0 Å². The Morgan fingerprint density at radius 1 is 1.41 bits per heavy atom. The third kappa shape index (κ3) is 5.28. The Kier molecular flexibility index (Phi) is 7.28. The fourth-order valence-electron chi connectivity index (χ4n) is 2.14. The fourth-order valence-corrected chi connectivity index (χ4v) is 2.96. The van der Waals surface area contributed by atoms with E-state index in [0.717, 1.165) is 6.42 Å². The van der Waals surface area contributed by atoms with E-state index < -0.39 is 30.4 Å². The molecule has 2 atom stereocenters. The molecule has 0 aromatic rings. The Balaban J connectivity index is 2.57. The second-order valence-corrected chi connectivity index (χ2v) is 5.72. The van der Waals surface area contributed by atoms with E-state index in [1.165, 1.54) is 4.90 Å². The molecule has 1 unspecified atom stereocenters. The SMILES string of the molecule is CNCC(=O)N1CCCC1C(=O)SN[C@@H](CC(N)=O)C(=O)O. The first-order valence-corrected chi connectivity index (χ1v) is 7.59. The standard InChI is InChI=1S/C12H20N4O5S/c1-14-6-10(18)16-4-2-3-8(16)12(21)22-15-7(11(19)20)5-9(13)17/h7-8,14-15H,2-6H2,1H3,(H2,13,17)(H,19,20)/t7-,8?/m0/s1. The molecule has 124 valence electrons. The number of nitrogens with two attached hydrogens (primary N) is 1. The van der Waals surface area contributed by atoms with Crippen molar-refractivity contribution in [2.24, 2.45) is 5.73 Å². The molecule has 0 bridgehead atoms. The molecule has 10 heteroatoms. The van der Waals surface area contributed by atoms with Crippen molar-refractivity contribution in [3.63, 3.8) is 0 Å². The van der Waals surface area contributed by atoms with E-state index >= 15 is 0 Å². The quantitative estimate of drug-likeness (QED) is 0.385. The van der Waals surface area contributed by atoms with Crippen LogP contribution in [0.5, 0.6) is 0 Å². The predicted octanol–water partition coefficient (Wildman–Crippen LogP) is -1.71. The number of likely N-dealkylation sites (tertiary alicyclic amines) is 1. The third-order valence-electron chi connectivity index (χ3n) is 3.18. The van der Waals surface area contributed by atoms with Crippen LogP contribution in [0.4, 0.5) is 0 Å². The van der Waals surface area contributed by atoms with Crippen LogP contribution in [0.1, 0.15) is 19.3 Å². The molecule has 0 aliphatic carbocycles. The van der Waals surface area contributed by atoms with E-state index in [2.05, 4.69) is 10.0 Å². The number of likely N-dealkylation sites (N-methyl/N-ethyl adjacent to an activating group) is 1. The third-order valence-corrected chi connectivity index (χ3v) is 4.05. The van der Waals surface area contributed by atoms with E-state index in [-0.39, 0.29) is 17.6 Å². The molecule has 22 heavy (non-hydrogen) atoms. The van der Waals surface area contributed by atoms with E-state index in [1.807, 2.05) is 0 Å². The summed E-state index contributed by atoms with van der Waals surface area (Å²) in [6, 6.07) is -1.82. The van der Waals surface area contributed by atoms with Crippen LogP contribution in [0.25, 0.3) is 0 Å². The van der Waals surface area contributed by atoms with Crippen LogP contribution in [-0.2, 0) is 19.2 Å². The second kappa shape index (κ2) is 8.71. The van der Waals surface area contributed by atoms with Gasteiger partial charge in [0.1, 0.15) is 12.1 Å². The highest BCUT2D eigenvalue weighted by Gasteiger charge is 2.34. The molecule has 0 spiro atoms. The number of hydrogen-bond acceptors (Lipinski definition) is 7. The molecule has 1 rings (SSSR count). The Labute approximate surface area is 132 Å². The van der Waals surface area contributed by atoms with Gasteiger partial charge >= 0.3 is 5.97 Å². The molecule has 1 aliphatic heterocycles. The van der Waals surface area contributed by atoms with E-state index in [1.54, 1.807) is 7.05 Å². The summed E-state index contributed by atoms with van der Waals surface area (Å²) in [6.07, 6.45) is 0.843. The average molecular weight is 332 g/mol. The second-order valence-electron chi connectivity index (χ2n) is 4.88. The first-order valence-electron chi connectivity index (χ1n) is 6.78. The van der Waals surface area contributed by atoms with Gasteiger partial charge in [-0.05, 0) is 31.8 Å². The lowest BCUT2D eigenvalue weighted by Gasteiger charge is -2.23. The van der Waals surface area contributed by atoms with Gasteiger partial charge < -0.3 is 21.1 Å². The lowest BCUT2D eigenvalue weighted by atomic mass is 10.2. The van der Waals surface area contributed by atoms with Crippen molar-refractivity contribution in [2.75, 3.05) is 20.1 Å². The maximum atomic E-state index is 12.2. The van der Waals surface area contributed by atoms with Gasteiger partial charge in [-0.1, -0.05) is 0 Å². The minimum atomic E-state index is -1.27. The number of aliphatic carboxylic acids is 1. The maximum absolute atomic E-state index is 12.2. The zero-order chi connectivity index (χ0) is 16.7. The first-order chi connectivity index (χ1) is 10.4. The Hall–Kier alpha value is -1.65. The number of rotatable bonds is 8. The van der Waals surface area contributed by atoms with Crippen molar-refractivity contribution in [1.29, 1.82) is 0 Å². The van der Waals surface area contributed by atoms with Gasteiger partial charge in [-0.15, -0.1) is 0 Å². The number of carbonyl (C=O) groups excluding carboxylic acids is 3. The van der Waals surface area contributed by atoms with E-state index in [0.29, 0.717) is 24.9 Å². The minimum absolute atomic E-state index is 0.140. The van der Waals surface area contributed by atoms with Gasteiger partial charge in [-0.25, -0.2) is 4.72 Å². The average Bonchev–Trinajstić information content (AvgIpc) is 2.92. The van der Waals surface area contributed by atoms with Gasteiger partial charge in [-0.2, -0.15) is 0 Å². The Morgan fingerprint density at radius 3 is 2.64 bits per heavy atom. The summed E-state index contributed by atoms with van der Waals surface area (Å²) in [4.78, 5) is 47.3. The van der Waals surface area contributed by atoms with Crippen LogP contribution in [0.2, 0.25) is 0 Å². The lowest BCUT2D eigenvalue weighted by molar-refractivity contribution is -0.140. The molecule has 1 heterocycles. The highest BCUT2D eigenvalue weighted by atomic mass is 32.2. The molecular formula is C12H20N4O5S. The van der Waals surface area contributed by atoms with Crippen molar-refractivity contribution in [3.05, 3.63) is 0 Å². The topological polar surface area (TPSA) is 142 Å². The number of nitrogens with one attached hydrogen (secondary N) is 2. The molecule has 0 aromatic heterocycles. The van der Waals surface area contributed by atoms with Gasteiger partial charge in [0.15, 0.2) is 0 Å². The number of carbonyl (C=O) groups is 4. The molecule has 2 amide bonds. The fraction of sp³-hybridized carbons (Fsp3) is 0.667. The molecule has 5 N–H and O–H groups in total. The van der Waals surface area contributed by atoms with E-state index in [4.69, 9.17) is 10.8 Å². The lowest BCUT2D eigenvalue weighted by Crippen LogP contribution is -2.44. The summed E-state index contributed by atoms with van der Waals surface area (Å²) < 4.78 is 2.43. The van der Waals surface area contributed by atoms with E-state index in [9.17, 15) is 19.2 Å². The predicted molar refractivity (Wildman–Crippen MR) is 79.6 cm³/mol. The van der Waals surface area contributed by atoms with Crippen molar-refractivity contribution in [1.82, 2.24) is 14.9 Å². The van der Waals surface area contributed by atoms with Gasteiger partial charge in [-0.3, -0.25) is 19.2 Å². The monoisotopic (exact) mass is 332 g/mol. The summed E-state index contributed by atoms with van der Waals surface area (Å²) in [5.74, 6) is -2.22. The number of hydrogen-bond donors (Lipinski definition) is 4. The molecule has 1 saturated heterocycles. The van der Waals surface area contributed by atoms with Gasteiger partial charge in [0.2, 0.25) is 16.9 Å². The Bertz CT molecular complexity index is 459. The van der Waals surface area contributed by atoms with Gasteiger partial charge in [0.05, 0.1) is 13.0 Å².